The summed E-state index contributed by atoms with van der Waals surface area (Å²) in [4.78, 5) is 12.5. The first-order valence-corrected chi connectivity index (χ1v) is 6.20. The molecular weight excluding hydrogens is 264 g/mol. The monoisotopic (exact) mass is 282 g/mol. The van der Waals surface area contributed by atoms with Crippen molar-refractivity contribution in [2.24, 2.45) is 5.73 Å². The molecule has 0 heterocycles. The summed E-state index contributed by atoms with van der Waals surface area (Å²) >= 11 is 4.81. The Hall–Kier alpha value is -1.82. The van der Waals surface area contributed by atoms with Crippen molar-refractivity contribution in [3.05, 3.63) is 23.8 Å². The van der Waals surface area contributed by atoms with Gasteiger partial charge in [0.2, 0.25) is 0 Å². The molecule has 0 radical (unpaired) electrons. The molecule has 1 rings (SSSR count). The summed E-state index contributed by atoms with van der Waals surface area (Å²) in [6.45, 7) is 1.84. The molecule has 6 heteroatoms. The number of ether oxygens (including phenoxy) is 2. The minimum Gasteiger partial charge on any atom is -0.493 e. The number of para-hydroxylation sites is 1. The van der Waals surface area contributed by atoms with Crippen molar-refractivity contribution in [1.29, 1.82) is 0 Å². The van der Waals surface area contributed by atoms with E-state index in [2.05, 4.69) is 5.32 Å². The van der Waals surface area contributed by atoms with Crippen molar-refractivity contribution in [1.82, 2.24) is 5.32 Å². The Morgan fingerprint density at radius 3 is 2.63 bits per heavy atom. The van der Waals surface area contributed by atoms with Gasteiger partial charge in [-0.1, -0.05) is 18.3 Å². The van der Waals surface area contributed by atoms with Crippen LogP contribution in [0.4, 0.5) is 0 Å². The summed E-state index contributed by atoms with van der Waals surface area (Å²) in [7, 11) is 3.02. The quantitative estimate of drug-likeness (QED) is 0.774. The SMILES string of the molecule is COc1cccc(C(=O)NC(C)CC(N)=S)c1OC. The molecule has 0 aliphatic carbocycles. The molecule has 1 atom stereocenters. The molecule has 0 aliphatic rings. The van der Waals surface area contributed by atoms with Crippen LogP contribution >= 0.6 is 12.2 Å². The number of nitrogens with two attached hydrogens (primary N) is 1. The highest BCUT2D eigenvalue weighted by Crippen LogP contribution is 2.30. The zero-order valence-corrected chi connectivity index (χ0v) is 12.0. The topological polar surface area (TPSA) is 73.6 Å². The Labute approximate surface area is 118 Å². The van der Waals surface area contributed by atoms with Gasteiger partial charge in [-0.25, -0.2) is 0 Å². The fourth-order valence-corrected chi connectivity index (χ4v) is 1.97. The van der Waals surface area contributed by atoms with Gasteiger partial charge in [0.05, 0.1) is 24.8 Å². The van der Waals surface area contributed by atoms with Gasteiger partial charge in [-0.3, -0.25) is 4.79 Å². The highest BCUT2D eigenvalue weighted by atomic mass is 32.1. The third kappa shape index (κ3) is 4.10. The average molecular weight is 282 g/mol. The van der Waals surface area contributed by atoms with Crippen LogP contribution in [0, 0.1) is 0 Å². The fraction of sp³-hybridized carbons (Fsp3) is 0.385. The van der Waals surface area contributed by atoms with Crippen LogP contribution in [0.2, 0.25) is 0 Å². The highest BCUT2D eigenvalue weighted by Gasteiger charge is 2.17. The van der Waals surface area contributed by atoms with Gasteiger partial charge in [0.1, 0.15) is 0 Å². The van der Waals surface area contributed by atoms with Crippen molar-refractivity contribution >= 4 is 23.1 Å². The smallest absolute Gasteiger partial charge is 0.255 e. The predicted molar refractivity (Wildman–Crippen MR) is 77.9 cm³/mol. The van der Waals surface area contributed by atoms with Crippen LogP contribution in [0.5, 0.6) is 11.5 Å². The fourth-order valence-electron chi connectivity index (χ4n) is 1.72. The van der Waals surface area contributed by atoms with E-state index in [0.29, 0.717) is 28.5 Å². The maximum Gasteiger partial charge on any atom is 0.255 e. The number of hydrogen-bond acceptors (Lipinski definition) is 4. The van der Waals surface area contributed by atoms with Crippen LogP contribution in [-0.2, 0) is 0 Å². The molecule has 5 nitrogen and oxygen atoms in total. The summed E-state index contributed by atoms with van der Waals surface area (Å²) in [5.41, 5.74) is 5.86. The Bertz CT molecular complexity index is 477. The zero-order valence-electron chi connectivity index (χ0n) is 11.2. The summed E-state index contributed by atoms with van der Waals surface area (Å²) < 4.78 is 10.4. The minimum absolute atomic E-state index is 0.138. The van der Waals surface area contributed by atoms with Gasteiger partial charge in [-0.15, -0.1) is 0 Å². The van der Waals surface area contributed by atoms with Crippen LogP contribution in [0.25, 0.3) is 0 Å². The van der Waals surface area contributed by atoms with E-state index in [4.69, 9.17) is 27.4 Å². The lowest BCUT2D eigenvalue weighted by Crippen LogP contribution is -2.35. The molecular formula is C13H18N2O3S. The van der Waals surface area contributed by atoms with Crippen molar-refractivity contribution in [3.63, 3.8) is 0 Å². The molecule has 1 aromatic carbocycles. The number of benzene rings is 1. The summed E-state index contributed by atoms with van der Waals surface area (Å²) in [6.07, 6.45) is 0.452. The van der Waals surface area contributed by atoms with Gasteiger partial charge in [0, 0.05) is 12.5 Å². The van der Waals surface area contributed by atoms with Crippen LogP contribution in [0.15, 0.2) is 18.2 Å². The van der Waals surface area contributed by atoms with Gasteiger partial charge >= 0.3 is 0 Å². The van der Waals surface area contributed by atoms with Gasteiger partial charge in [0.25, 0.3) is 5.91 Å². The molecule has 1 unspecified atom stereocenters. The number of carbonyl (C=O) groups is 1. The van der Waals surface area contributed by atoms with E-state index in [0.717, 1.165) is 0 Å². The van der Waals surface area contributed by atoms with Crippen LogP contribution in [0.3, 0.4) is 0 Å². The molecule has 0 saturated carbocycles. The van der Waals surface area contributed by atoms with E-state index in [1.54, 1.807) is 18.2 Å². The molecule has 0 spiro atoms. The van der Waals surface area contributed by atoms with Crippen molar-refractivity contribution in [3.8, 4) is 11.5 Å². The number of thiocarbonyl (C=S) groups is 1. The lowest BCUT2D eigenvalue weighted by Gasteiger charge is -2.16. The second-order valence-electron chi connectivity index (χ2n) is 4.09. The molecule has 3 N–H and O–H groups in total. The average Bonchev–Trinajstić information content (AvgIpc) is 2.36. The third-order valence-corrected chi connectivity index (χ3v) is 2.70. The summed E-state index contributed by atoms with van der Waals surface area (Å²) in [5, 5.41) is 2.81. The first-order chi connectivity index (χ1) is 8.99. The molecule has 0 fully saturated rings. The van der Waals surface area contributed by atoms with Gasteiger partial charge in [-0.05, 0) is 19.1 Å². The second kappa shape index (κ2) is 6.94. The Morgan fingerprint density at radius 2 is 2.11 bits per heavy atom. The van der Waals surface area contributed by atoms with E-state index < -0.39 is 0 Å². The molecule has 0 aromatic heterocycles. The largest absolute Gasteiger partial charge is 0.493 e. The van der Waals surface area contributed by atoms with Crippen molar-refractivity contribution < 1.29 is 14.3 Å². The van der Waals surface area contributed by atoms with Crippen LogP contribution in [0.1, 0.15) is 23.7 Å². The lowest BCUT2D eigenvalue weighted by molar-refractivity contribution is 0.0937. The van der Waals surface area contributed by atoms with E-state index in [-0.39, 0.29) is 11.9 Å². The van der Waals surface area contributed by atoms with E-state index in [1.807, 2.05) is 6.92 Å². The zero-order chi connectivity index (χ0) is 14.4. The molecule has 0 aliphatic heterocycles. The molecule has 19 heavy (non-hydrogen) atoms. The van der Waals surface area contributed by atoms with Gasteiger partial charge < -0.3 is 20.5 Å². The number of nitrogens with one attached hydrogen (secondary N) is 1. The van der Waals surface area contributed by atoms with E-state index in [9.17, 15) is 4.79 Å². The molecule has 1 amide bonds. The van der Waals surface area contributed by atoms with E-state index >= 15 is 0 Å². The van der Waals surface area contributed by atoms with Crippen LogP contribution < -0.4 is 20.5 Å². The normalized spacial score (nSPS) is 11.5. The predicted octanol–water partition coefficient (Wildman–Crippen LogP) is 1.50. The first kappa shape index (κ1) is 15.2. The van der Waals surface area contributed by atoms with Crippen molar-refractivity contribution in [2.45, 2.75) is 19.4 Å². The van der Waals surface area contributed by atoms with Crippen LogP contribution in [-0.4, -0.2) is 31.2 Å². The lowest BCUT2D eigenvalue weighted by atomic mass is 10.1. The first-order valence-electron chi connectivity index (χ1n) is 5.79. The second-order valence-corrected chi connectivity index (χ2v) is 4.61. The van der Waals surface area contributed by atoms with Gasteiger partial charge in [-0.2, -0.15) is 0 Å². The Morgan fingerprint density at radius 1 is 1.42 bits per heavy atom. The van der Waals surface area contributed by atoms with Crippen molar-refractivity contribution in [2.75, 3.05) is 14.2 Å². The number of amides is 1. The standard InChI is InChI=1S/C13H18N2O3S/c1-8(7-11(14)19)15-13(16)9-5-4-6-10(17-2)12(9)18-3/h4-6,8H,7H2,1-3H3,(H2,14,19)(H,15,16). The highest BCUT2D eigenvalue weighted by molar-refractivity contribution is 7.80. The minimum atomic E-state index is -0.250. The molecule has 1 aromatic rings. The summed E-state index contributed by atoms with van der Waals surface area (Å²) in [6, 6.07) is 4.99. The Balaban J connectivity index is 2.90. The molecule has 0 saturated heterocycles. The van der Waals surface area contributed by atoms with E-state index in [1.165, 1.54) is 14.2 Å². The maximum absolute atomic E-state index is 12.2. The molecule has 0 bridgehead atoms. The maximum atomic E-state index is 12.2. The molecule has 104 valence electrons. The summed E-state index contributed by atoms with van der Waals surface area (Å²) in [5.74, 6) is 0.668. The number of methoxy groups -OCH3 is 2. The van der Waals surface area contributed by atoms with Gasteiger partial charge in [0.15, 0.2) is 11.5 Å². The Kier molecular flexibility index (Phi) is 5.57. The number of carbonyl (C=O) groups excluding carboxylic acids is 1. The number of rotatable bonds is 6. The third-order valence-electron chi connectivity index (χ3n) is 2.53. The number of hydrogen-bond donors (Lipinski definition) is 2.